The molecule has 0 atom stereocenters. The molecule has 3 rings (SSSR count). The minimum atomic E-state index is 0.285. The Bertz CT molecular complexity index is 601. The third-order valence-corrected chi connectivity index (χ3v) is 2.96. The Morgan fingerprint density at radius 2 is 2.10 bits per heavy atom. The third kappa shape index (κ3) is 2.83. The first-order chi connectivity index (χ1) is 9.85. The Morgan fingerprint density at radius 3 is 3.00 bits per heavy atom. The Balaban J connectivity index is 1.65. The molecule has 0 saturated carbocycles. The lowest BCUT2D eigenvalue weighted by atomic mass is 10.2. The summed E-state index contributed by atoms with van der Waals surface area (Å²) in [6, 6.07) is 11.5. The lowest BCUT2D eigenvalue weighted by molar-refractivity contribution is 0.174. The highest BCUT2D eigenvalue weighted by atomic mass is 16.7. The number of hydrogen-bond donors (Lipinski definition) is 1. The fourth-order valence-corrected chi connectivity index (χ4v) is 2.01. The van der Waals surface area contributed by atoms with Gasteiger partial charge in [-0.3, -0.25) is 0 Å². The van der Waals surface area contributed by atoms with Gasteiger partial charge in [-0.15, -0.1) is 0 Å². The molecule has 0 unspecified atom stereocenters. The fourth-order valence-electron chi connectivity index (χ4n) is 2.01. The maximum atomic E-state index is 5.70. The van der Waals surface area contributed by atoms with Gasteiger partial charge in [0.1, 0.15) is 6.61 Å². The van der Waals surface area contributed by atoms with Crippen LogP contribution < -0.4 is 19.5 Å². The van der Waals surface area contributed by atoms with Crippen LogP contribution in [0.3, 0.4) is 0 Å². The van der Waals surface area contributed by atoms with Crippen molar-refractivity contribution in [3.8, 4) is 17.4 Å². The number of nitrogens with zero attached hydrogens (tertiary/aromatic N) is 1. The summed E-state index contributed by atoms with van der Waals surface area (Å²) in [7, 11) is 1.89. The molecular weight excluding hydrogens is 256 g/mol. The number of hydrogen-bond acceptors (Lipinski definition) is 5. The summed E-state index contributed by atoms with van der Waals surface area (Å²) < 4.78 is 16.3. The van der Waals surface area contributed by atoms with Crippen LogP contribution in [0, 0.1) is 0 Å². The normalized spacial score (nSPS) is 12.4. The lowest BCUT2D eigenvalue weighted by Crippen LogP contribution is -2.07. The van der Waals surface area contributed by atoms with Gasteiger partial charge in [0.2, 0.25) is 12.7 Å². The van der Waals surface area contributed by atoms with Crippen LogP contribution in [0.25, 0.3) is 0 Å². The van der Waals surface area contributed by atoms with Gasteiger partial charge in [-0.25, -0.2) is 4.98 Å². The molecule has 0 spiro atoms. The number of benzene rings is 1. The molecule has 1 N–H and O–H groups in total. The number of nitrogens with one attached hydrogen (secondary N) is 1. The Kier molecular flexibility index (Phi) is 3.69. The standard InChI is InChI=1S/C15H16N2O3/c1-16-8-12-3-2-4-15(17-12)18-9-11-5-6-13-14(7-11)20-10-19-13/h2-7,16H,8-10H2,1H3. The molecule has 104 valence electrons. The molecule has 0 bridgehead atoms. The van der Waals surface area contributed by atoms with E-state index in [1.54, 1.807) is 0 Å². The molecule has 1 aromatic heterocycles. The zero-order valence-electron chi connectivity index (χ0n) is 11.3. The van der Waals surface area contributed by atoms with Crippen molar-refractivity contribution < 1.29 is 14.2 Å². The monoisotopic (exact) mass is 272 g/mol. The topological polar surface area (TPSA) is 52.6 Å². The molecule has 2 heterocycles. The molecule has 1 aliphatic heterocycles. The van der Waals surface area contributed by atoms with Gasteiger partial charge in [-0.05, 0) is 30.8 Å². The summed E-state index contributed by atoms with van der Waals surface area (Å²) in [6.07, 6.45) is 0. The van der Waals surface area contributed by atoms with E-state index in [-0.39, 0.29) is 6.79 Å². The van der Waals surface area contributed by atoms with E-state index >= 15 is 0 Å². The van der Waals surface area contributed by atoms with Crippen LogP contribution in [0.2, 0.25) is 0 Å². The molecule has 0 saturated heterocycles. The van der Waals surface area contributed by atoms with Crippen molar-refractivity contribution in [3.63, 3.8) is 0 Å². The quantitative estimate of drug-likeness (QED) is 0.903. The SMILES string of the molecule is CNCc1cccc(OCc2ccc3c(c2)OCO3)n1. The maximum absolute atomic E-state index is 5.70. The first-order valence-electron chi connectivity index (χ1n) is 6.47. The smallest absolute Gasteiger partial charge is 0.231 e. The number of pyridine rings is 1. The lowest BCUT2D eigenvalue weighted by Gasteiger charge is -2.07. The third-order valence-electron chi connectivity index (χ3n) is 2.96. The van der Waals surface area contributed by atoms with Crippen LogP contribution in [-0.2, 0) is 13.2 Å². The van der Waals surface area contributed by atoms with Crippen molar-refractivity contribution in [3.05, 3.63) is 47.7 Å². The predicted molar refractivity (Wildman–Crippen MR) is 73.9 cm³/mol. The first-order valence-corrected chi connectivity index (χ1v) is 6.47. The second-order valence-corrected chi connectivity index (χ2v) is 4.47. The Morgan fingerprint density at radius 1 is 1.20 bits per heavy atom. The van der Waals surface area contributed by atoms with Gasteiger partial charge in [0, 0.05) is 12.6 Å². The summed E-state index contributed by atoms with van der Waals surface area (Å²) in [5.41, 5.74) is 1.98. The average Bonchev–Trinajstić information content (AvgIpc) is 2.93. The number of ether oxygens (including phenoxy) is 3. The molecule has 0 radical (unpaired) electrons. The zero-order chi connectivity index (χ0) is 13.8. The van der Waals surface area contributed by atoms with E-state index in [4.69, 9.17) is 14.2 Å². The molecule has 1 aromatic carbocycles. The highest BCUT2D eigenvalue weighted by Gasteiger charge is 2.13. The zero-order valence-corrected chi connectivity index (χ0v) is 11.3. The number of aromatic nitrogens is 1. The molecular formula is C15H16N2O3. The second kappa shape index (κ2) is 5.79. The average molecular weight is 272 g/mol. The Labute approximate surface area is 117 Å². The highest BCUT2D eigenvalue weighted by Crippen LogP contribution is 2.32. The van der Waals surface area contributed by atoms with Crippen molar-refractivity contribution in [2.45, 2.75) is 13.2 Å². The molecule has 5 heteroatoms. The van der Waals surface area contributed by atoms with Gasteiger partial charge >= 0.3 is 0 Å². The number of fused-ring (bicyclic) bond motifs is 1. The van der Waals surface area contributed by atoms with Crippen LogP contribution in [0.1, 0.15) is 11.3 Å². The molecule has 1 aliphatic rings. The van der Waals surface area contributed by atoms with Crippen LogP contribution >= 0.6 is 0 Å². The van der Waals surface area contributed by atoms with E-state index in [0.717, 1.165) is 29.3 Å². The highest BCUT2D eigenvalue weighted by molar-refractivity contribution is 5.44. The second-order valence-electron chi connectivity index (χ2n) is 4.47. The van der Waals surface area contributed by atoms with E-state index in [0.29, 0.717) is 12.5 Å². The van der Waals surface area contributed by atoms with E-state index in [1.807, 2.05) is 43.4 Å². The molecule has 0 aliphatic carbocycles. The summed E-state index contributed by atoms with van der Waals surface area (Å²) in [4.78, 5) is 4.41. The summed E-state index contributed by atoms with van der Waals surface area (Å²) >= 11 is 0. The van der Waals surface area contributed by atoms with E-state index < -0.39 is 0 Å². The van der Waals surface area contributed by atoms with Gasteiger partial charge in [0.25, 0.3) is 0 Å². The molecule has 20 heavy (non-hydrogen) atoms. The molecule has 2 aromatic rings. The number of rotatable bonds is 5. The van der Waals surface area contributed by atoms with Gasteiger partial charge in [0.15, 0.2) is 11.5 Å². The van der Waals surface area contributed by atoms with Crippen molar-refractivity contribution in [1.29, 1.82) is 0 Å². The predicted octanol–water partition coefficient (Wildman–Crippen LogP) is 2.11. The molecule has 0 amide bonds. The van der Waals surface area contributed by atoms with E-state index in [9.17, 15) is 0 Å². The van der Waals surface area contributed by atoms with Gasteiger partial charge in [0.05, 0.1) is 5.69 Å². The minimum absolute atomic E-state index is 0.285. The molecule has 0 fully saturated rings. The van der Waals surface area contributed by atoms with Crippen molar-refractivity contribution in [1.82, 2.24) is 10.3 Å². The van der Waals surface area contributed by atoms with Gasteiger partial charge in [-0.1, -0.05) is 12.1 Å². The Hall–Kier alpha value is -2.27. The summed E-state index contributed by atoms with van der Waals surface area (Å²) in [6.45, 7) is 1.46. The van der Waals surface area contributed by atoms with Gasteiger partial charge in [-0.2, -0.15) is 0 Å². The van der Waals surface area contributed by atoms with Crippen LogP contribution in [-0.4, -0.2) is 18.8 Å². The van der Waals surface area contributed by atoms with Gasteiger partial charge < -0.3 is 19.5 Å². The van der Waals surface area contributed by atoms with Crippen LogP contribution in [0.15, 0.2) is 36.4 Å². The van der Waals surface area contributed by atoms with E-state index in [1.165, 1.54) is 0 Å². The minimum Gasteiger partial charge on any atom is -0.473 e. The van der Waals surface area contributed by atoms with Crippen LogP contribution in [0.4, 0.5) is 0 Å². The van der Waals surface area contributed by atoms with Crippen LogP contribution in [0.5, 0.6) is 17.4 Å². The first kappa shape index (κ1) is 12.7. The molecule has 5 nitrogen and oxygen atoms in total. The summed E-state index contributed by atoms with van der Waals surface area (Å²) in [5, 5.41) is 3.06. The fraction of sp³-hybridized carbons (Fsp3) is 0.267. The van der Waals surface area contributed by atoms with E-state index in [2.05, 4.69) is 10.3 Å². The largest absolute Gasteiger partial charge is 0.473 e. The maximum Gasteiger partial charge on any atom is 0.231 e. The van der Waals surface area contributed by atoms with Crippen molar-refractivity contribution >= 4 is 0 Å². The van der Waals surface area contributed by atoms with Crippen molar-refractivity contribution in [2.75, 3.05) is 13.8 Å². The summed E-state index contributed by atoms with van der Waals surface area (Å²) in [5.74, 6) is 2.17. The van der Waals surface area contributed by atoms with Crippen molar-refractivity contribution in [2.24, 2.45) is 0 Å².